The van der Waals surface area contributed by atoms with Crippen molar-refractivity contribution in [1.29, 1.82) is 0 Å². The van der Waals surface area contributed by atoms with E-state index in [1.54, 1.807) is 0 Å². The smallest absolute Gasteiger partial charge is 0.138 e. The van der Waals surface area contributed by atoms with Gasteiger partial charge in [-0.15, -0.1) is 0 Å². The van der Waals surface area contributed by atoms with Crippen molar-refractivity contribution in [3.05, 3.63) is 28.8 Å². The van der Waals surface area contributed by atoms with Crippen LogP contribution >= 0.6 is 11.6 Å². The van der Waals surface area contributed by atoms with Gasteiger partial charge >= 0.3 is 0 Å². The lowest BCUT2D eigenvalue weighted by molar-refractivity contribution is 0.120. The Morgan fingerprint density at radius 1 is 1.44 bits per heavy atom. The molecule has 1 aliphatic rings. The van der Waals surface area contributed by atoms with Crippen molar-refractivity contribution >= 4 is 11.6 Å². The summed E-state index contributed by atoms with van der Waals surface area (Å²) >= 11 is 6.28. The summed E-state index contributed by atoms with van der Waals surface area (Å²) in [4.78, 5) is 0. The lowest BCUT2D eigenvalue weighted by Gasteiger charge is -2.27. The minimum Gasteiger partial charge on any atom is -0.489 e. The zero-order chi connectivity index (χ0) is 13.0. The van der Waals surface area contributed by atoms with Crippen LogP contribution in [0, 0.1) is 0 Å². The van der Waals surface area contributed by atoms with Crippen LogP contribution < -0.4 is 10.1 Å². The minimum atomic E-state index is 0.334. The molecule has 1 unspecified atom stereocenters. The number of benzene rings is 1. The quantitative estimate of drug-likeness (QED) is 0.828. The first kappa shape index (κ1) is 13.7. The van der Waals surface area contributed by atoms with Crippen LogP contribution in [0.3, 0.4) is 0 Å². The van der Waals surface area contributed by atoms with Gasteiger partial charge in [0.15, 0.2) is 0 Å². The number of nitrogens with one attached hydrogen (secondary N) is 1. The maximum absolute atomic E-state index is 6.28. The second-order valence-corrected chi connectivity index (χ2v) is 5.44. The third kappa shape index (κ3) is 3.39. The van der Waals surface area contributed by atoms with E-state index in [4.69, 9.17) is 16.3 Å². The summed E-state index contributed by atoms with van der Waals surface area (Å²) < 4.78 is 5.84. The van der Waals surface area contributed by atoms with Gasteiger partial charge in [-0.3, -0.25) is 0 Å². The molecule has 0 radical (unpaired) electrons. The third-order valence-electron chi connectivity index (χ3n) is 3.50. The zero-order valence-corrected chi connectivity index (χ0v) is 12.0. The summed E-state index contributed by atoms with van der Waals surface area (Å²) in [6.07, 6.45) is 5.11. The Hall–Kier alpha value is -0.730. The van der Waals surface area contributed by atoms with E-state index < -0.39 is 0 Å². The van der Waals surface area contributed by atoms with Crippen LogP contribution in [0.5, 0.6) is 5.75 Å². The van der Waals surface area contributed by atoms with E-state index in [-0.39, 0.29) is 0 Å². The number of ether oxygens (including phenoxy) is 1. The van der Waals surface area contributed by atoms with Gasteiger partial charge in [-0.25, -0.2) is 0 Å². The largest absolute Gasteiger partial charge is 0.489 e. The van der Waals surface area contributed by atoms with Crippen molar-refractivity contribution in [1.82, 2.24) is 5.32 Å². The lowest BCUT2D eigenvalue weighted by Crippen LogP contribution is -2.24. The molecule has 3 heteroatoms. The Kier molecular flexibility index (Phi) is 4.90. The monoisotopic (exact) mass is 267 g/mol. The molecule has 0 aliphatic heterocycles. The molecule has 18 heavy (non-hydrogen) atoms. The molecule has 1 saturated carbocycles. The molecule has 1 aromatic rings. The van der Waals surface area contributed by atoms with Crippen molar-refractivity contribution in [2.24, 2.45) is 0 Å². The molecule has 2 rings (SSSR count). The molecule has 0 aromatic heterocycles. The Morgan fingerprint density at radius 3 is 2.78 bits per heavy atom. The van der Waals surface area contributed by atoms with Crippen molar-refractivity contribution in [3.63, 3.8) is 0 Å². The second kappa shape index (κ2) is 6.44. The van der Waals surface area contributed by atoms with Gasteiger partial charge in [-0.1, -0.05) is 24.6 Å². The first-order valence-corrected chi connectivity index (χ1v) is 7.28. The van der Waals surface area contributed by atoms with Crippen LogP contribution in [0.2, 0.25) is 5.02 Å². The van der Waals surface area contributed by atoms with E-state index in [2.05, 4.69) is 25.2 Å². The van der Waals surface area contributed by atoms with Crippen LogP contribution in [0.15, 0.2) is 18.2 Å². The molecule has 0 saturated heterocycles. The predicted octanol–water partition coefficient (Wildman–Crippen LogP) is 4.33. The highest BCUT2D eigenvalue weighted by molar-refractivity contribution is 6.32. The maximum Gasteiger partial charge on any atom is 0.138 e. The standard InChI is InChI=1S/C15H22ClNO/c1-3-9-17-11(2)12-7-8-15(14(16)10-12)18-13-5-4-6-13/h7-8,10-11,13,17H,3-6,9H2,1-2H3. The van der Waals surface area contributed by atoms with E-state index >= 15 is 0 Å². The summed E-state index contributed by atoms with van der Waals surface area (Å²) in [5.74, 6) is 0.827. The third-order valence-corrected chi connectivity index (χ3v) is 3.80. The molecule has 1 fully saturated rings. The molecule has 0 amide bonds. The zero-order valence-electron chi connectivity index (χ0n) is 11.2. The van der Waals surface area contributed by atoms with Gasteiger partial charge < -0.3 is 10.1 Å². The molecule has 1 N–H and O–H groups in total. The molecule has 1 atom stereocenters. The fourth-order valence-electron chi connectivity index (χ4n) is 2.03. The molecule has 100 valence electrons. The van der Waals surface area contributed by atoms with Crippen molar-refractivity contribution in [3.8, 4) is 5.75 Å². The van der Waals surface area contributed by atoms with E-state index in [1.165, 1.54) is 12.0 Å². The second-order valence-electron chi connectivity index (χ2n) is 5.04. The highest BCUT2D eigenvalue weighted by Gasteiger charge is 2.20. The van der Waals surface area contributed by atoms with Crippen molar-refractivity contribution < 1.29 is 4.74 Å². The molecular formula is C15H22ClNO. The van der Waals surface area contributed by atoms with Crippen LogP contribution in [-0.4, -0.2) is 12.6 Å². The predicted molar refractivity (Wildman–Crippen MR) is 76.4 cm³/mol. The maximum atomic E-state index is 6.28. The molecule has 1 aliphatic carbocycles. The lowest BCUT2D eigenvalue weighted by atomic mass is 9.96. The molecule has 0 heterocycles. The SMILES string of the molecule is CCCNC(C)c1ccc(OC2CCC2)c(Cl)c1. The topological polar surface area (TPSA) is 21.3 Å². The molecule has 0 bridgehead atoms. The van der Waals surface area contributed by atoms with E-state index in [0.717, 1.165) is 36.6 Å². The Bertz CT molecular complexity index is 390. The van der Waals surface area contributed by atoms with E-state index in [0.29, 0.717) is 12.1 Å². The Labute approximate surface area is 115 Å². The highest BCUT2D eigenvalue weighted by atomic mass is 35.5. The normalized spacial score (nSPS) is 17.3. The summed E-state index contributed by atoms with van der Waals surface area (Å²) in [6.45, 7) is 5.36. The van der Waals surface area contributed by atoms with E-state index in [9.17, 15) is 0 Å². The van der Waals surface area contributed by atoms with Gasteiger partial charge in [0.2, 0.25) is 0 Å². The molecule has 1 aromatic carbocycles. The van der Waals surface area contributed by atoms with Gasteiger partial charge in [-0.2, -0.15) is 0 Å². The summed E-state index contributed by atoms with van der Waals surface area (Å²) in [6, 6.07) is 6.45. The summed E-state index contributed by atoms with van der Waals surface area (Å²) in [5, 5.41) is 4.19. The van der Waals surface area contributed by atoms with Gasteiger partial charge in [0, 0.05) is 6.04 Å². The summed E-state index contributed by atoms with van der Waals surface area (Å²) in [7, 11) is 0. The Balaban J connectivity index is 1.99. The number of halogens is 1. The van der Waals surface area contributed by atoms with Crippen molar-refractivity contribution in [2.45, 2.75) is 51.7 Å². The van der Waals surface area contributed by atoms with Gasteiger partial charge in [0.25, 0.3) is 0 Å². The van der Waals surface area contributed by atoms with Gasteiger partial charge in [0.1, 0.15) is 5.75 Å². The average molecular weight is 268 g/mol. The fraction of sp³-hybridized carbons (Fsp3) is 0.600. The van der Waals surface area contributed by atoms with Crippen molar-refractivity contribution in [2.75, 3.05) is 6.54 Å². The van der Waals surface area contributed by atoms with Crippen LogP contribution in [-0.2, 0) is 0 Å². The molecular weight excluding hydrogens is 246 g/mol. The Morgan fingerprint density at radius 2 is 2.22 bits per heavy atom. The minimum absolute atomic E-state index is 0.334. The molecule has 2 nitrogen and oxygen atoms in total. The highest BCUT2D eigenvalue weighted by Crippen LogP contribution is 2.32. The van der Waals surface area contributed by atoms with E-state index in [1.807, 2.05) is 12.1 Å². The first-order valence-electron chi connectivity index (χ1n) is 6.90. The first-order chi connectivity index (χ1) is 8.70. The van der Waals surface area contributed by atoms with Gasteiger partial charge in [0.05, 0.1) is 11.1 Å². The van der Waals surface area contributed by atoms with Gasteiger partial charge in [-0.05, 0) is 56.8 Å². The average Bonchev–Trinajstić information content (AvgIpc) is 2.32. The van der Waals surface area contributed by atoms with Crippen LogP contribution in [0.4, 0.5) is 0 Å². The van der Waals surface area contributed by atoms with Crippen LogP contribution in [0.25, 0.3) is 0 Å². The number of hydrogen-bond acceptors (Lipinski definition) is 2. The number of hydrogen-bond donors (Lipinski definition) is 1. The molecule has 0 spiro atoms. The summed E-state index contributed by atoms with van der Waals surface area (Å²) in [5.41, 5.74) is 1.22. The fourth-order valence-corrected chi connectivity index (χ4v) is 2.26. The van der Waals surface area contributed by atoms with Crippen LogP contribution in [0.1, 0.15) is 51.1 Å². The number of rotatable bonds is 6.